The number of pyridine rings is 1. The summed E-state index contributed by atoms with van der Waals surface area (Å²) in [6.07, 6.45) is 3.47. The zero-order valence-electron chi connectivity index (χ0n) is 10.7. The number of nitrogens with one attached hydrogen (secondary N) is 1. The highest BCUT2D eigenvalue weighted by molar-refractivity contribution is 5.96. The van der Waals surface area contributed by atoms with Crippen LogP contribution in [-0.2, 0) is 9.47 Å². The Morgan fingerprint density at radius 1 is 1.58 bits per heavy atom. The summed E-state index contributed by atoms with van der Waals surface area (Å²) in [5.74, 6) is -0.808. The molecule has 0 saturated carbocycles. The number of amides is 1. The maximum absolute atomic E-state index is 11.9. The number of carbonyl (C=O) groups excluding carboxylic acids is 2. The summed E-state index contributed by atoms with van der Waals surface area (Å²) < 4.78 is 10.0. The SMILES string of the molecule is COC(=O)c1ccnc(C(=O)NC[C@@H]2CCCO2)c1. The molecule has 1 saturated heterocycles. The van der Waals surface area contributed by atoms with Crippen LogP contribution < -0.4 is 5.32 Å². The number of carbonyl (C=O) groups is 2. The number of esters is 1. The first-order valence-corrected chi connectivity index (χ1v) is 6.15. The molecule has 6 heteroatoms. The van der Waals surface area contributed by atoms with E-state index in [4.69, 9.17) is 4.74 Å². The second kappa shape index (κ2) is 6.29. The van der Waals surface area contributed by atoms with Gasteiger partial charge in [-0.3, -0.25) is 9.78 Å². The van der Waals surface area contributed by atoms with Crippen molar-refractivity contribution in [1.29, 1.82) is 0 Å². The van der Waals surface area contributed by atoms with Crippen LogP contribution in [0.1, 0.15) is 33.7 Å². The van der Waals surface area contributed by atoms with E-state index in [9.17, 15) is 9.59 Å². The number of hydrogen-bond acceptors (Lipinski definition) is 5. The number of aromatic nitrogens is 1. The van der Waals surface area contributed by atoms with Crippen LogP contribution in [0.15, 0.2) is 18.3 Å². The number of hydrogen-bond donors (Lipinski definition) is 1. The Bertz CT molecular complexity index is 469. The number of ether oxygens (including phenoxy) is 2. The van der Waals surface area contributed by atoms with E-state index in [-0.39, 0.29) is 17.7 Å². The fourth-order valence-corrected chi connectivity index (χ4v) is 1.90. The minimum atomic E-state index is -0.490. The predicted molar refractivity (Wildman–Crippen MR) is 66.9 cm³/mol. The molecule has 1 amide bonds. The molecule has 2 rings (SSSR count). The third-order valence-electron chi connectivity index (χ3n) is 2.93. The Kier molecular flexibility index (Phi) is 4.46. The van der Waals surface area contributed by atoms with Gasteiger partial charge in [-0.15, -0.1) is 0 Å². The third kappa shape index (κ3) is 3.51. The molecule has 102 valence electrons. The largest absolute Gasteiger partial charge is 0.465 e. The number of nitrogens with zero attached hydrogens (tertiary/aromatic N) is 1. The summed E-state index contributed by atoms with van der Waals surface area (Å²) in [5.41, 5.74) is 0.501. The van der Waals surface area contributed by atoms with Gasteiger partial charge in [0, 0.05) is 19.3 Å². The average molecular weight is 264 g/mol. The van der Waals surface area contributed by atoms with E-state index in [2.05, 4.69) is 15.0 Å². The molecule has 1 aromatic rings. The lowest BCUT2D eigenvalue weighted by atomic mass is 10.2. The molecule has 1 fully saturated rings. The Labute approximate surface area is 111 Å². The lowest BCUT2D eigenvalue weighted by Crippen LogP contribution is -2.32. The van der Waals surface area contributed by atoms with Crippen LogP contribution in [0, 0.1) is 0 Å². The topological polar surface area (TPSA) is 77.5 Å². The van der Waals surface area contributed by atoms with Crippen molar-refractivity contribution in [2.45, 2.75) is 18.9 Å². The van der Waals surface area contributed by atoms with Gasteiger partial charge in [0.1, 0.15) is 5.69 Å². The van der Waals surface area contributed by atoms with E-state index in [0.717, 1.165) is 19.4 Å². The first-order chi connectivity index (χ1) is 9.20. The molecule has 0 radical (unpaired) electrons. The van der Waals surface area contributed by atoms with E-state index >= 15 is 0 Å². The quantitative estimate of drug-likeness (QED) is 0.813. The lowest BCUT2D eigenvalue weighted by molar-refractivity contribution is 0.0600. The summed E-state index contributed by atoms with van der Waals surface area (Å²) in [4.78, 5) is 27.2. The zero-order valence-corrected chi connectivity index (χ0v) is 10.7. The maximum atomic E-state index is 11.9. The van der Waals surface area contributed by atoms with Gasteiger partial charge in [0.05, 0.1) is 18.8 Å². The highest BCUT2D eigenvalue weighted by Gasteiger charge is 2.17. The van der Waals surface area contributed by atoms with Crippen molar-refractivity contribution in [3.05, 3.63) is 29.6 Å². The van der Waals surface area contributed by atoms with Gasteiger partial charge in [0.2, 0.25) is 0 Å². The molecule has 1 aliphatic rings. The minimum absolute atomic E-state index is 0.0766. The van der Waals surface area contributed by atoms with Gasteiger partial charge in [-0.2, -0.15) is 0 Å². The van der Waals surface area contributed by atoms with Crippen molar-refractivity contribution in [2.24, 2.45) is 0 Å². The van der Waals surface area contributed by atoms with Crippen molar-refractivity contribution >= 4 is 11.9 Å². The van der Waals surface area contributed by atoms with Gasteiger partial charge < -0.3 is 14.8 Å². The molecule has 1 atom stereocenters. The van der Waals surface area contributed by atoms with Crippen molar-refractivity contribution in [2.75, 3.05) is 20.3 Å². The van der Waals surface area contributed by atoms with Gasteiger partial charge in [-0.05, 0) is 25.0 Å². The molecule has 1 aliphatic heterocycles. The van der Waals surface area contributed by atoms with Gasteiger partial charge in [-0.25, -0.2) is 4.79 Å². The van der Waals surface area contributed by atoms with E-state index in [1.165, 1.54) is 25.4 Å². The zero-order chi connectivity index (χ0) is 13.7. The Morgan fingerprint density at radius 3 is 3.11 bits per heavy atom. The van der Waals surface area contributed by atoms with Crippen LogP contribution >= 0.6 is 0 Å². The minimum Gasteiger partial charge on any atom is -0.465 e. The molecular formula is C13H16N2O4. The average Bonchev–Trinajstić information content (AvgIpc) is 2.97. The molecule has 0 aromatic carbocycles. The molecule has 1 aromatic heterocycles. The van der Waals surface area contributed by atoms with Crippen LogP contribution in [0.4, 0.5) is 0 Å². The Morgan fingerprint density at radius 2 is 2.42 bits per heavy atom. The van der Waals surface area contributed by atoms with Crippen LogP contribution in [0.3, 0.4) is 0 Å². The molecule has 0 bridgehead atoms. The van der Waals surface area contributed by atoms with Gasteiger partial charge in [-0.1, -0.05) is 0 Å². The monoisotopic (exact) mass is 264 g/mol. The molecule has 19 heavy (non-hydrogen) atoms. The Hall–Kier alpha value is -1.95. The summed E-state index contributed by atoms with van der Waals surface area (Å²) in [6.45, 7) is 1.21. The first-order valence-electron chi connectivity index (χ1n) is 6.15. The third-order valence-corrected chi connectivity index (χ3v) is 2.93. The lowest BCUT2D eigenvalue weighted by Gasteiger charge is -2.10. The van der Waals surface area contributed by atoms with Crippen LogP contribution in [-0.4, -0.2) is 43.2 Å². The molecular weight excluding hydrogens is 248 g/mol. The fourth-order valence-electron chi connectivity index (χ4n) is 1.90. The molecule has 2 heterocycles. The van der Waals surface area contributed by atoms with Gasteiger partial charge in [0.15, 0.2) is 0 Å². The van der Waals surface area contributed by atoms with E-state index in [0.29, 0.717) is 12.1 Å². The highest BCUT2D eigenvalue weighted by atomic mass is 16.5. The summed E-state index contributed by atoms with van der Waals surface area (Å²) in [6, 6.07) is 2.92. The van der Waals surface area contributed by atoms with Crippen molar-refractivity contribution in [3.63, 3.8) is 0 Å². The van der Waals surface area contributed by atoms with Crippen molar-refractivity contribution in [3.8, 4) is 0 Å². The van der Waals surface area contributed by atoms with Crippen molar-refractivity contribution in [1.82, 2.24) is 10.3 Å². The normalized spacial score (nSPS) is 18.1. The summed E-state index contributed by atoms with van der Waals surface area (Å²) in [7, 11) is 1.29. The smallest absolute Gasteiger partial charge is 0.337 e. The van der Waals surface area contributed by atoms with E-state index in [1.807, 2.05) is 0 Å². The van der Waals surface area contributed by atoms with E-state index < -0.39 is 5.97 Å². The van der Waals surface area contributed by atoms with Crippen LogP contribution in [0.5, 0.6) is 0 Å². The number of rotatable bonds is 4. The van der Waals surface area contributed by atoms with Crippen molar-refractivity contribution < 1.29 is 19.1 Å². The first kappa shape index (κ1) is 13.5. The summed E-state index contributed by atoms with van der Waals surface area (Å²) >= 11 is 0. The molecule has 6 nitrogen and oxygen atoms in total. The molecule has 0 unspecified atom stereocenters. The molecule has 0 aliphatic carbocycles. The van der Waals surface area contributed by atoms with Gasteiger partial charge >= 0.3 is 5.97 Å². The molecule has 0 spiro atoms. The second-order valence-corrected chi connectivity index (χ2v) is 4.27. The van der Waals surface area contributed by atoms with Crippen LogP contribution in [0.25, 0.3) is 0 Å². The fraction of sp³-hybridized carbons (Fsp3) is 0.462. The highest BCUT2D eigenvalue weighted by Crippen LogP contribution is 2.11. The summed E-state index contributed by atoms with van der Waals surface area (Å²) in [5, 5.41) is 2.75. The predicted octanol–water partition coefficient (Wildman–Crippen LogP) is 0.777. The number of methoxy groups -OCH3 is 1. The Balaban J connectivity index is 1.96. The van der Waals surface area contributed by atoms with Gasteiger partial charge in [0.25, 0.3) is 5.91 Å². The standard InChI is InChI=1S/C13H16N2O4/c1-18-13(17)9-4-5-14-11(7-9)12(16)15-8-10-3-2-6-19-10/h4-5,7,10H,2-3,6,8H2,1H3,(H,15,16)/t10-/m0/s1. The maximum Gasteiger partial charge on any atom is 0.337 e. The van der Waals surface area contributed by atoms with Crippen LogP contribution in [0.2, 0.25) is 0 Å². The second-order valence-electron chi connectivity index (χ2n) is 4.27. The molecule has 1 N–H and O–H groups in total. The van der Waals surface area contributed by atoms with E-state index in [1.54, 1.807) is 0 Å².